The van der Waals surface area contributed by atoms with Crippen LogP contribution in [0.3, 0.4) is 0 Å². The van der Waals surface area contributed by atoms with Gasteiger partial charge in [-0.3, -0.25) is 4.79 Å². The van der Waals surface area contributed by atoms with Crippen molar-refractivity contribution in [1.29, 1.82) is 0 Å². The minimum absolute atomic E-state index is 0.0417. The van der Waals surface area contributed by atoms with Gasteiger partial charge in [0.05, 0.1) is 17.9 Å². The molecule has 0 saturated carbocycles. The quantitative estimate of drug-likeness (QED) is 0.544. The first-order valence-corrected chi connectivity index (χ1v) is 4.87. The van der Waals surface area contributed by atoms with Gasteiger partial charge in [-0.05, 0) is 20.8 Å². The number of aldehydes is 1. The van der Waals surface area contributed by atoms with E-state index in [1.807, 2.05) is 20.8 Å². The summed E-state index contributed by atoms with van der Waals surface area (Å²) in [7, 11) is 1.71. The molecule has 1 amide bonds. The number of amides is 1. The molecule has 0 heterocycles. The van der Waals surface area contributed by atoms with Gasteiger partial charge < -0.3 is 14.8 Å². The van der Waals surface area contributed by atoms with E-state index in [2.05, 4.69) is 17.9 Å². The molecule has 0 aliphatic rings. The Morgan fingerprint density at radius 3 is 2.14 bits per heavy atom. The molecule has 0 fully saturated rings. The van der Waals surface area contributed by atoms with Crippen LogP contribution in [0.15, 0.2) is 0 Å². The summed E-state index contributed by atoms with van der Waals surface area (Å²) in [5, 5.41) is 2.30. The van der Waals surface area contributed by atoms with Crippen LogP contribution in [0.5, 0.6) is 0 Å². The van der Waals surface area contributed by atoms with Crippen molar-refractivity contribution in [2.45, 2.75) is 26.4 Å². The number of ether oxygens (including phenoxy) is 1. The van der Waals surface area contributed by atoms with Gasteiger partial charge in [0.15, 0.2) is 0 Å². The van der Waals surface area contributed by atoms with Crippen molar-refractivity contribution < 1.29 is 14.3 Å². The number of hydrogen-bond donors (Lipinski definition) is 2. The lowest BCUT2D eigenvalue weighted by molar-refractivity contribution is -0.120. The smallest absolute Gasteiger partial charge is 0.230 e. The number of methoxy groups -OCH3 is 1. The number of nitrogens with one attached hydrogen (secondary N) is 1. The van der Waals surface area contributed by atoms with Gasteiger partial charge in [0.25, 0.3) is 0 Å². The third-order valence-electron chi connectivity index (χ3n) is 1.14. The molecule has 0 bridgehead atoms. The summed E-state index contributed by atoms with van der Waals surface area (Å²) >= 11 is 3.66. The predicted octanol–water partition coefficient (Wildman–Crippen LogP) is 0.663. The van der Waals surface area contributed by atoms with E-state index >= 15 is 0 Å². The molecule has 0 aromatic rings. The Balaban J connectivity index is 0. The van der Waals surface area contributed by atoms with Gasteiger partial charge in [-0.1, -0.05) is 0 Å². The summed E-state index contributed by atoms with van der Waals surface area (Å²) < 4.78 is 4.94. The molecule has 0 atom stereocenters. The molecular weight excluding hydrogens is 202 g/mol. The number of carbonyl (C=O) groups excluding carboxylic acids is 2. The normalized spacial score (nSPS) is 9.79. The van der Waals surface area contributed by atoms with Crippen molar-refractivity contribution in [2.24, 2.45) is 0 Å². The van der Waals surface area contributed by atoms with Crippen molar-refractivity contribution >= 4 is 24.8 Å². The van der Waals surface area contributed by atoms with Crippen molar-refractivity contribution in [1.82, 2.24) is 5.32 Å². The monoisotopic (exact) mass is 221 g/mol. The van der Waals surface area contributed by atoms with Crippen LogP contribution in [-0.2, 0) is 14.3 Å². The maximum absolute atomic E-state index is 10.2. The molecule has 0 unspecified atom stereocenters. The predicted molar refractivity (Wildman–Crippen MR) is 59.7 cm³/mol. The molecular formula is C9H19NO3S. The molecule has 4 nitrogen and oxygen atoms in total. The Bertz CT molecular complexity index is 166. The summed E-state index contributed by atoms with van der Waals surface area (Å²) in [4.78, 5) is 19.8. The number of rotatable bonds is 3. The zero-order valence-corrected chi connectivity index (χ0v) is 10.1. The molecule has 0 aromatic carbocycles. The van der Waals surface area contributed by atoms with Gasteiger partial charge in [-0.2, -0.15) is 12.6 Å². The van der Waals surface area contributed by atoms with E-state index in [1.165, 1.54) is 0 Å². The summed E-state index contributed by atoms with van der Waals surface area (Å²) in [6, 6.07) is 0. The van der Waals surface area contributed by atoms with Gasteiger partial charge in [-0.15, -0.1) is 0 Å². The minimum Gasteiger partial charge on any atom is -0.379 e. The highest BCUT2D eigenvalue weighted by molar-refractivity contribution is 7.81. The molecule has 0 aliphatic carbocycles. The van der Waals surface area contributed by atoms with Gasteiger partial charge >= 0.3 is 0 Å². The van der Waals surface area contributed by atoms with E-state index in [0.29, 0.717) is 6.29 Å². The zero-order valence-electron chi connectivity index (χ0n) is 9.16. The maximum atomic E-state index is 10.2. The Morgan fingerprint density at radius 2 is 1.93 bits per heavy atom. The molecule has 1 N–H and O–H groups in total. The zero-order chi connectivity index (χ0) is 11.6. The second-order valence-corrected chi connectivity index (χ2v) is 3.76. The van der Waals surface area contributed by atoms with Gasteiger partial charge in [-0.25, -0.2) is 0 Å². The molecule has 14 heavy (non-hydrogen) atoms. The second-order valence-electron chi connectivity index (χ2n) is 3.45. The summed E-state index contributed by atoms with van der Waals surface area (Å²) in [6.07, 6.45) is 0.626. The Kier molecular flexibility index (Phi) is 10.2. The molecule has 0 aliphatic heterocycles. The number of carbonyl (C=O) groups is 2. The lowest BCUT2D eigenvalue weighted by atomic mass is 10.2. The fourth-order valence-electron chi connectivity index (χ4n) is 0.211. The maximum Gasteiger partial charge on any atom is 0.230 e. The Morgan fingerprint density at radius 1 is 1.50 bits per heavy atom. The fraction of sp³-hybridized carbons (Fsp3) is 0.778. The summed E-state index contributed by atoms with van der Waals surface area (Å²) in [5.41, 5.74) is 0.0417. The lowest BCUT2D eigenvalue weighted by Gasteiger charge is -2.14. The van der Waals surface area contributed by atoms with Crippen molar-refractivity contribution in [3.8, 4) is 0 Å². The SMILES string of the molecule is COC(C)(C)C.O=CCNC(=O)CS. The molecule has 5 heteroatoms. The molecule has 84 valence electrons. The largest absolute Gasteiger partial charge is 0.379 e. The first-order chi connectivity index (χ1) is 6.37. The lowest BCUT2D eigenvalue weighted by Crippen LogP contribution is -2.25. The standard InChI is InChI=1S/C5H12O.C4H7NO2S/c1-5(2,3)6-4;6-2-1-5-4(7)3-8/h1-4H3;2,8H,1,3H2,(H,5,7). The minimum atomic E-state index is -0.222. The number of thiol groups is 1. The molecule has 0 spiro atoms. The fourth-order valence-corrected chi connectivity index (χ4v) is 0.323. The van der Waals surface area contributed by atoms with E-state index in [1.54, 1.807) is 7.11 Å². The van der Waals surface area contributed by atoms with Gasteiger partial charge in [0, 0.05) is 7.11 Å². The first-order valence-electron chi connectivity index (χ1n) is 4.23. The highest BCUT2D eigenvalue weighted by atomic mass is 32.1. The first kappa shape index (κ1) is 15.9. The average molecular weight is 221 g/mol. The van der Waals surface area contributed by atoms with Gasteiger partial charge in [0.2, 0.25) is 5.91 Å². The molecule has 0 rings (SSSR count). The van der Waals surface area contributed by atoms with Crippen LogP contribution in [0, 0.1) is 0 Å². The van der Waals surface area contributed by atoms with Crippen LogP contribution in [0.25, 0.3) is 0 Å². The van der Waals surface area contributed by atoms with Crippen LogP contribution >= 0.6 is 12.6 Å². The highest BCUT2D eigenvalue weighted by Crippen LogP contribution is 2.02. The average Bonchev–Trinajstić information content (AvgIpc) is 2.14. The summed E-state index contributed by atoms with van der Waals surface area (Å²) in [6.45, 7) is 6.15. The van der Waals surface area contributed by atoms with E-state index in [0.717, 1.165) is 0 Å². The van der Waals surface area contributed by atoms with E-state index < -0.39 is 0 Å². The van der Waals surface area contributed by atoms with Crippen LogP contribution in [-0.4, -0.2) is 37.2 Å². The third kappa shape index (κ3) is 17.5. The highest BCUT2D eigenvalue weighted by Gasteiger charge is 2.04. The molecule has 0 aromatic heterocycles. The third-order valence-corrected chi connectivity index (χ3v) is 1.43. The molecule has 0 saturated heterocycles. The molecule has 0 radical (unpaired) electrons. The van der Waals surface area contributed by atoms with Gasteiger partial charge in [0.1, 0.15) is 6.29 Å². The van der Waals surface area contributed by atoms with Crippen molar-refractivity contribution in [2.75, 3.05) is 19.4 Å². The van der Waals surface area contributed by atoms with E-state index in [4.69, 9.17) is 4.74 Å². The van der Waals surface area contributed by atoms with Crippen LogP contribution in [0.4, 0.5) is 0 Å². The van der Waals surface area contributed by atoms with Crippen LogP contribution in [0.1, 0.15) is 20.8 Å². The Hall–Kier alpha value is -0.550. The van der Waals surface area contributed by atoms with Crippen LogP contribution in [0.2, 0.25) is 0 Å². The second kappa shape index (κ2) is 9.02. The van der Waals surface area contributed by atoms with Crippen molar-refractivity contribution in [3.05, 3.63) is 0 Å². The number of hydrogen-bond acceptors (Lipinski definition) is 4. The summed E-state index contributed by atoms with van der Waals surface area (Å²) in [5.74, 6) is -0.0890. The van der Waals surface area contributed by atoms with Crippen molar-refractivity contribution in [3.63, 3.8) is 0 Å². The van der Waals surface area contributed by atoms with E-state index in [9.17, 15) is 9.59 Å². The Labute approximate surface area is 90.8 Å². The van der Waals surface area contributed by atoms with Crippen LogP contribution < -0.4 is 5.32 Å². The van der Waals surface area contributed by atoms with E-state index in [-0.39, 0.29) is 23.8 Å². The topological polar surface area (TPSA) is 55.4 Å².